The van der Waals surface area contributed by atoms with Gasteiger partial charge in [0.2, 0.25) is 10.0 Å². The van der Waals surface area contributed by atoms with Gasteiger partial charge in [0.15, 0.2) is 0 Å². The van der Waals surface area contributed by atoms with Gasteiger partial charge in [-0.1, -0.05) is 36.4 Å². The lowest BCUT2D eigenvalue weighted by molar-refractivity contribution is 0.222. The van der Waals surface area contributed by atoms with E-state index in [2.05, 4.69) is 4.72 Å². The van der Waals surface area contributed by atoms with Crippen molar-refractivity contribution in [3.05, 3.63) is 59.7 Å². The van der Waals surface area contributed by atoms with E-state index in [1.165, 1.54) is 0 Å². The zero-order valence-electron chi connectivity index (χ0n) is 13.6. The van der Waals surface area contributed by atoms with Crippen LogP contribution in [0.1, 0.15) is 11.1 Å². The Morgan fingerprint density at radius 2 is 2.00 bits per heavy atom. The molecule has 0 fully saturated rings. The van der Waals surface area contributed by atoms with Crippen LogP contribution in [-0.2, 0) is 22.2 Å². The molecule has 0 saturated carbocycles. The third-order valence-electron chi connectivity index (χ3n) is 4.05. The number of rotatable bonds is 6. The molecule has 0 spiro atoms. The van der Waals surface area contributed by atoms with Crippen molar-refractivity contribution in [2.75, 3.05) is 20.3 Å². The Morgan fingerprint density at radius 3 is 2.75 bits per heavy atom. The Bertz CT molecular complexity index is 790. The van der Waals surface area contributed by atoms with Crippen LogP contribution in [-0.4, -0.2) is 28.7 Å². The maximum Gasteiger partial charge on any atom is 0.215 e. The SMILES string of the molecule is COc1ccc2c(c1)OC[C@H](CNS(=O)(=O)Cc1ccccc1)C2. The second kappa shape index (κ2) is 7.23. The third-order valence-corrected chi connectivity index (χ3v) is 5.37. The number of ether oxygens (including phenoxy) is 2. The Kier molecular flexibility index (Phi) is 5.06. The number of sulfonamides is 1. The van der Waals surface area contributed by atoms with Gasteiger partial charge in [-0.25, -0.2) is 13.1 Å². The van der Waals surface area contributed by atoms with Crippen LogP contribution in [0, 0.1) is 5.92 Å². The monoisotopic (exact) mass is 347 g/mol. The van der Waals surface area contributed by atoms with Gasteiger partial charge in [0.25, 0.3) is 0 Å². The van der Waals surface area contributed by atoms with Gasteiger partial charge in [-0.2, -0.15) is 0 Å². The molecule has 1 aliphatic rings. The van der Waals surface area contributed by atoms with Crippen LogP contribution in [0.2, 0.25) is 0 Å². The molecule has 1 aliphatic heterocycles. The van der Waals surface area contributed by atoms with Gasteiger partial charge in [-0.15, -0.1) is 0 Å². The zero-order valence-corrected chi connectivity index (χ0v) is 14.4. The molecular weight excluding hydrogens is 326 g/mol. The molecule has 128 valence electrons. The minimum absolute atomic E-state index is 0.00476. The van der Waals surface area contributed by atoms with E-state index in [0.29, 0.717) is 13.2 Å². The first-order valence-corrected chi connectivity index (χ1v) is 9.52. The van der Waals surface area contributed by atoms with Crippen LogP contribution in [0.25, 0.3) is 0 Å². The van der Waals surface area contributed by atoms with E-state index >= 15 is 0 Å². The van der Waals surface area contributed by atoms with Crippen molar-refractivity contribution in [3.8, 4) is 11.5 Å². The highest BCUT2D eigenvalue weighted by Crippen LogP contribution is 2.30. The first-order valence-electron chi connectivity index (χ1n) is 7.87. The number of hydrogen-bond acceptors (Lipinski definition) is 4. The van der Waals surface area contributed by atoms with Crippen molar-refractivity contribution in [3.63, 3.8) is 0 Å². The molecule has 0 saturated heterocycles. The van der Waals surface area contributed by atoms with E-state index in [-0.39, 0.29) is 11.7 Å². The van der Waals surface area contributed by atoms with Crippen molar-refractivity contribution in [1.82, 2.24) is 4.72 Å². The summed E-state index contributed by atoms with van der Waals surface area (Å²) in [6.07, 6.45) is 0.785. The number of hydrogen-bond donors (Lipinski definition) is 1. The lowest BCUT2D eigenvalue weighted by atomic mass is 9.97. The summed E-state index contributed by atoms with van der Waals surface area (Å²) in [5, 5.41) is 0. The summed E-state index contributed by atoms with van der Waals surface area (Å²) in [5.41, 5.74) is 1.86. The minimum Gasteiger partial charge on any atom is -0.497 e. The van der Waals surface area contributed by atoms with Gasteiger partial charge in [-0.05, 0) is 23.6 Å². The first kappa shape index (κ1) is 16.8. The maximum atomic E-state index is 12.2. The Hall–Kier alpha value is -2.05. The average molecular weight is 347 g/mol. The molecule has 3 rings (SSSR count). The quantitative estimate of drug-likeness (QED) is 0.871. The lowest BCUT2D eigenvalue weighted by Crippen LogP contribution is -2.35. The van der Waals surface area contributed by atoms with Crippen LogP contribution >= 0.6 is 0 Å². The fourth-order valence-corrected chi connectivity index (χ4v) is 3.99. The number of benzene rings is 2. The molecule has 24 heavy (non-hydrogen) atoms. The molecule has 2 aromatic carbocycles. The Balaban J connectivity index is 1.57. The van der Waals surface area contributed by atoms with Crippen LogP contribution in [0.5, 0.6) is 11.5 Å². The summed E-state index contributed by atoms with van der Waals surface area (Å²) in [6, 6.07) is 14.9. The van der Waals surface area contributed by atoms with Crippen LogP contribution in [0.15, 0.2) is 48.5 Å². The van der Waals surface area contributed by atoms with Crippen LogP contribution in [0.3, 0.4) is 0 Å². The molecule has 1 atom stereocenters. The summed E-state index contributed by atoms with van der Waals surface area (Å²) in [6.45, 7) is 0.870. The topological polar surface area (TPSA) is 64.6 Å². The zero-order chi connectivity index (χ0) is 17.0. The van der Waals surface area contributed by atoms with E-state index in [1.807, 2.05) is 48.5 Å². The van der Waals surface area contributed by atoms with Crippen molar-refractivity contribution >= 4 is 10.0 Å². The second-order valence-electron chi connectivity index (χ2n) is 5.95. The number of fused-ring (bicyclic) bond motifs is 1. The molecule has 0 bridgehead atoms. The van der Waals surface area contributed by atoms with E-state index in [4.69, 9.17) is 9.47 Å². The first-order chi connectivity index (χ1) is 11.6. The van der Waals surface area contributed by atoms with Gasteiger partial charge in [0, 0.05) is 18.5 Å². The average Bonchev–Trinajstić information content (AvgIpc) is 2.60. The molecule has 5 nitrogen and oxygen atoms in total. The van der Waals surface area contributed by atoms with Gasteiger partial charge in [-0.3, -0.25) is 0 Å². The normalized spacial score (nSPS) is 17.0. The minimum atomic E-state index is -3.35. The smallest absolute Gasteiger partial charge is 0.215 e. The highest BCUT2D eigenvalue weighted by atomic mass is 32.2. The van der Waals surface area contributed by atoms with Crippen molar-refractivity contribution < 1.29 is 17.9 Å². The van der Waals surface area contributed by atoms with Crippen molar-refractivity contribution in [1.29, 1.82) is 0 Å². The van der Waals surface area contributed by atoms with E-state index in [1.54, 1.807) is 7.11 Å². The molecule has 0 aliphatic carbocycles. The van der Waals surface area contributed by atoms with Gasteiger partial charge in [0.05, 0.1) is 19.5 Å². The molecule has 0 radical (unpaired) electrons. The summed E-state index contributed by atoms with van der Waals surface area (Å²) in [4.78, 5) is 0. The molecule has 0 aromatic heterocycles. The van der Waals surface area contributed by atoms with Gasteiger partial charge >= 0.3 is 0 Å². The van der Waals surface area contributed by atoms with Gasteiger partial charge < -0.3 is 9.47 Å². The molecule has 1 N–H and O–H groups in total. The van der Waals surface area contributed by atoms with Crippen LogP contribution < -0.4 is 14.2 Å². The lowest BCUT2D eigenvalue weighted by Gasteiger charge is -2.25. The maximum absolute atomic E-state index is 12.2. The Labute approximate surface area is 142 Å². The number of methoxy groups -OCH3 is 1. The predicted molar refractivity (Wildman–Crippen MR) is 92.8 cm³/mol. The highest BCUT2D eigenvalue weighted by Gasteiger charge is 2.22. The second-order valence-corrected chi connectivity index (χ2v) is 7.75. The Morgan fingerprint density at radius 1 is 1.21 bits per heavy atom. The molecule has 6 heteroatoms. The van der Waals surface area contributed by atoms with Gasteiger partial charge in [0.1, 0.15) is 11.5 Å². The highest BCUT2D eigenvalue weighted by molar-refractivity contribution is 7.88. The number of nitrogens with one attached hydrogen (secondary N) is 1. The molecule has 0 unspecified atom stereocenters. The molecule has 1 heterocycles. The predicted octanol–water partition coefficient (Wildman–Crippen LogP) is 2.37. The van der Waals surface area contributed by atoms with E-state index in [0.717, 1.165) is 29.0 Å². The standard InChI is InChI=1S/C18H21NO4S/c1-22-17-8-7-16-9-15(12-23-18(16)10-17)11-19-24(20,21)13-14-5-3-2-4-6-14/h2-8,10,15,19H,9,11-13H2,1H3/t15-/m0/s1. The van der Waals surface area contributed by atoms with Crippen LogP contribution in [0.4, 0.5) is 0 Å². The molecular formula is C18H21NO4S. The van der Waals surface area contributed by atoms with Crippen molar-refractivity contribution in [2.24, 2.45) is 5.92 Å². The van der Waals surface area contributed by atoms with E-state index < -0.39 is 10.0 Å². The third kappa shape index (κ3) is 4.27. The fourth-order valence-electron chi connectivity index (χ4n) is 2.76. The molecule has 2 aromatic rings. The summed E-state index contributed by atoms with van der Waals surface area (Å²) >= 11 is 0. The van der Waals surface area contributed by atoms with E-state index in [9.17, 15) is 8.42 Å². The van der Waals surface area contributed by atoms with Crippen molar-refractivity contribution in [2.45, 2.75) is 12.2 Å². The largest absolute Gasteiger partial charge is 0.497 e. The summed E-state index contributed by atoms with van der Waals surface area (Å²) in [5.74, 6) is 1.69. The summed E-state index contributed by atoms with van der Waals surface area (Å²) < 4.78 is 38.0. The summed E-state index contributed by atoms with van der Waals surface area (Å²) in [7, 11) is -1.73. The fraction of sp³-hybridized carbons (Fsp3) is 0.333. The molecule has 0 amide bonds.